The van der Waals surface area contributed by atoms with Gasteiger partial charge in [-0.25, -0.2) is 0 Å². The number of ketones is 2. The van der Waals surface area contributed by atoms with E-state index in [1.165, 1.54) is 26.0 Å². The molecule has 0 spiro atoms. The Morgan fingerprint density at radius 3 is 1.76 bits per heavy atom. The summed E-state index contributed by atoms with van der Waals surface area (Å²) in [5.74, 6) is -0.507. The van der Waals surface area contributed by atoms with Gasteiger partial charge in [-0.3, -0.25) is 0 Å². The second-order valence-corrected chi connectivity index (χ2v) is 6.39. The Bertz CT molecular complexity index is 563. The fourth-order valence-electron chi connectivity index (χ4n) is 1.71. The number of hydrogen-bond acceptors (Lipinski definition) is 2. The van der Waals surface area contributed by atoms with Crippen LogP contribution in [0.15, 0.2) is 42.5 Å². The van der Waals surface area contributed by atoms with Gasteiger partial charge < -0.3 is 39.9 Å². The van der Waals surface area contributed by atoms with E-state index in [0.717, 1.165) is 0 Å². The number of hydrogen-bond donors (Lipinski definition) is 0. The molecule has 0 N–H and O–H groups in total. The molecule has 0 atom stereocenters. The van der Waals surface area contributed by atoms with Crippen molar-refractivity contribution in [1.29, 1.82) is 0 Å². The summed E-state index contributed by atoms with van der Waals surface area (Å²) in [6.45, 7) is 2.70. The number of halogens is 3. The Balaban J connectivity index is 0.000000562. The third-order valence-corrected chi connectivity index (χ3v) is 3.16. The smallest absolute Gasteiger partial charge is 0.176 e. The number of carbonyl (C=O) groups excluding carboxylic acids is 2. The van der Waals surface area contributed by atoms with Crippen molar-refractivity contribution in [3.8, 4) is 0 Å². The second kappa shape index (κ2) is 8.77. The molecule has 0 unspecified atom stereocenters. The first-order valence-corrected chi connectivity index (χ1v) is 6.94. The monoisotopic (exact) mass is 386 g/mol. The van der Waals surface area contributed by atoms with Crippen molar-refractivity contribution in [3.05, 3.63) is 59.2 Å². The van der Waals surface area contributed by atoms with Gasteiger partial charge in [0.05, 0.1) is 5.78 Å². The minimum atomic E-state index is -1.69. The first kappa shape index (κ1) is 20.4. The third-order valence-electron chi connectivity index (χ3n) is 2.55. The molecule has 0 aliphatic rings. The van der Waals surface area contributed by atoms with Gasteiger partial charge in [-0.05, 0) is 13.8 Å². The summed E-state index contributed by atoms with van der Waals surface area (Å²) in [5.41, 5.74) is 0.747. The minimum absolute atomic E-state index is 0. The average molecular weight is 387 g/mol. The van der Waals surface area contributed by atoms with Crippen LogP contribution in [0.1, 0.15) is 40.1 Å². The topological polar surface area (TPSA) is 34.1 Å². The Kier molecular flexibility index (Phi) is 8.53. The summed E-state index contributed by atoms with van der Waals surface area (Å²) in [6.07, 6.45) is 0. The van der Waals surface area contributed by atoms with Crippen molar-refractivity contribution in [2.45, 2.75) is 17.6 Å². The zero-order valence-electron chi connectivity index (χ0n) is 11.3. The maximum absolute atomic E-state index is 11.4. The normalized spacial score (nSPS) is 10.1. The van der Waals surface area contributed by atoms with Gasteiger partial charge in [0, 0.05) is 17.1 Å². The average Bonchev–Trinajstić information content (AvgIpc) is 3.00. The van der Waals surface area contributed by atoms with E-state index in [4.69, 9.17) is 34.8 Å². The molecule has 0 aromatic heterocycles. The van der Waals surface area contributed by atoms with Gasteiger partial charge in [0.25, 0.3) is 0 Å². The van der Waals surface area contributed by atoms with Gasteiger partial charge in [0.1, 0.15) is 5.78 Å². The molecule has 0 heterocycles. The van der Waals surface area contributed by atoms with E-state index < -0.39 is 3.79 Å². The van der Waals surface area contributed by atoms with Crippen LogP contribution in [0.4, 0.5) is 0 Å². The maximum atomic E-state index is 11.4. The minimum Gasteiger partial charge on any atom is -0.748 e. The maximum Gasteiger partial charge on any atom is 0.176 e. The van der Waals surface area contributed by atoms with E-state index in [0.29, 0.717) is 5.56 Å². The van der Waals surface area contributed by atoms with Crippen LogP contribution in [0, 0.1) is 0 Å². The fourth-order valence-corrected chi connectivity index (χ4v) is 2.18. The van der Waals surface area contributed by atoms with E-state index in [1.807, 2.05) is 30.3 Å². The predicted octanol–water partition coefficient (Wildman–Crippen LogP) is 5.04. The van der Waals surface area contributed by atoms with Gasteiger partial charge in [-0.1, -0.05) is 45.9 Å². The zero-order chi connectivity index (χ0) is 15.3. The molecule has 21 heavy (non-hydrogen) atoms. The zero-order valence-corrected chi connectivity index (χ0v) is 14.7. The summed E-state index contributed by atoms with van der Waals surface area (Å²) in [4.78, 5) is 22.6. The second-order valence-electron chi connectivity index (χ2n) is 4.11. The molecule has 2 aromatic carbocycles. The summed E-state index contributed by atoms with van der Waals surface area (Å²) < 4.78 is -1.69. The van der Waals surface area contributed by atoms with Crippen molar-refractivity contribution < 1.29 is 26.7 Å². The Hall–Kier alpha value is -0.571. The molecule has 0 aliphatic carbocycles. The fraction of sp³-hybridized carbons (Fsp3) is 0.200. The summed E-state index contributed by atoms with van der Waals surface area (Å²) in [5, 5.41) is 0. The SMILES string of the molecule is CC(=O)c1c(C(Cl)(Cl)Cl)cc[c-]1C(C)=O.[Fe].[cH-]1[cH-][cH-][cH-][cH-]1. The number of rotatable bonds is 2. The van der Waals surface area contributed by atoms with Crippen molar-refractivity contribution in [2.24, 2.45) is 0 Å². The van der Waals surface area contributed by atoms with Gasteiger partial charge >= 0.3 is 0 Å². The molecule has 0 aliphatic heterocycles. The standard InChI is InChI=1S/C10H8Cl3O2.C5H5.Fe/c1-5(14)7-3-4-8(10(11,12)13)9(7)6(2)15;1-2-4-5-3-1;/h3-4H,1-2H3;1-5H;/q-1;-5;. The summed E-state index contributed by atoms with van der Waals surface area (Å²) in [7, 11) is 0. The molecule has 0 bridgehead atoms. The van der Waals surface area contributed by atoms with Crippen LogP contribution in [0.25, 0.3) is 0 Å². The van der Waals surface area contributed by atoms with E-state index >= 15 is 0 Å². The summed E-state index contributed by atoms with van der Waals surface area (Å²) in [6, 6.07) is 13.0. The van der Waals surface area contributed by atoms with Crippen LogP contribution in [0.2, 0.25) is 0 Å². The molecule has 6 heteroatoms. The van der Waals surface area contributed by atoms with Gasteiger partial charge in [-0.15, -0.1) is 11.6 Å². The van der Waals surface area contributed by atoms with Crippen LogP contribution in [-0.2, 0) is 20.9 Å². The van der Waals surface area contributed by atoms with E-state index in [2.05, 4.69) is 0 Å². The van der Waals surface area contributed by atoms with E-state index in [-0.39, 0.29) is 39.8 Å². The molecule has 2 nitrogen and oxygen atoms in total. The first-order chi connectivity index (χ1) is 9.25. The summed E-state index contributed by atoms with van der Waals surface area (Å²) >= 11 is 17.1. The van der Waals surface area contributed by atoms with Gasteiger partial charge in [-0.2, -0.15) is 6.07 Å². The van der Waals surface area contributed by atoms with Crippen LogP contribution < -0.4 is 0 Å². The van der Waals surface area contributed by atoms with E-state index in [9.17, 15) is 9.59 Å². The molecule has 0 fully saturated rings. The Labute approximate surface area is 149 Å². The Morgan fingerprint density at radius 1 is 1.05 bits per heavy atom. The number of Topliss-reactive ketones (excluding diaryl/α,β-unsaturated/α-hetero) is 2. The van der Waals surface area contributed by atoms with Crippen molar-refractivity contribution in [2.75, 3.05) is 0 Å². The molecule has 0 saturated carbocycles. The van der Waals surface area contributed by atoms with Crippen molar-refractivity contribution in [3.63, 3.8) is 0 Å². The number of carbonyl (C=O) groups is 2. The van der Waals surface area contributed by atoms with Crippen LogP contribution in [0.3, 0.4) is 0 Å². The van der Waals surface area contributed by atoms with E-state index in [1.54, 1.807) is 0 Å². The predicted molar refractivity (Wildman–Crippen MR) is 83.3 cm³/mol. The van der Waals surface area contributed by atoms with Crippen molar-refractivity contribution in [1.82, 2.24) is 0 Å². The molecule has 0 radical (unpaired) electrons. The van der Waals surface area contributed by atoms with Gasteiger partial charge in [0.2, 0.25) is 0 Å². The number of alkyl halides is 3. The van der Waals surface area contributed by atoms with Crippen molar-refractivity contribution >= 4 is 46.4 Å². The van der Waals surface area contributed by atoms with Gasteiger partial charge in [0.15, 0.2) is 3.79 Å². The molecule has 120 valence electrons. The molecular formula is C15H13Cl3FeO2-6. The third kappa shape index (κ3) is 5.98. The van der Waals surface area contributed by atoms with Crippen LogP contribution in [-0.4, -0.2) is 11.6 Å². The molecule has 2 aromatic rings. The Morgan fingerprint density at radius 2 is 1.48 bits per heavy atom. The molecule has 0 amide bonds. The molecular weight excluding hydrogens is 374 g/mol. The van der Waals surface area contributed by atoms with Crippen LogP contribution >= 0.6 is 34.8 Å². The first-order valence-electron chi connectivity index (χ1n) is 5.80. The van der Waals surface area contributed by atoms with Crippen LogP contribution in [0.5, 0.6) is 0 Å². The molecule has 2 rings (SSSR count). The molecule has 0 saturated heterocycles. The quantitative estimate of drug-likeness (QED) is 0.313. The largest absolute Gasteiger partial charge is 0.748 e.